The summed E-state index contributed by atoms with van der Waals surface area (Å²) in [5.74, 6) is 0.677. The molecule has 3 heterocycles. The Kier molecular flexibility index (Phi) is 5.91. The fourth-order valence-electron chi connectivity index (χ4n) is 3.47. The van der Waals surface area contributed by atoms with Crippen molar-refractivity contribution in [3.8, 4) is 5.75 Å². The molecule has 0 N–H and O–H groups in total. The van der Waals surface area contributed by atoms with E-state index < -0.39 is 10.0 Å². The Morgan fingerprint density at radius 1 is 1.03 bits per heavy atom. The molecule has 1 aliphatic heterocycles. The van der Waals surface area contributed by atoms with Crippen molar-refractivity contribution in [2.45, 2.75) is 18.4 Å². The molecular weight excluding hydrogens is 456 g/mol. The second kappa shape index (κ2) is 8.43. The monoisotopic (exact) mass is 478 g/mol. The molecule has 0 spiro atoms. The number of hydrogen-bond donors (Lipinski definition) is 0. The fourth-order valence-corrected chi connectivity index (χ4v) is 5.25. The SMILES string of the molecule is CCOc1ccc(S(=O)(=O)N2CCN(Cc3cn4cc(Br)ccc4n3)CC2)cc1. The van der Waals surface area contributed by atoms with Crippen LogP contribution in [-0.2, 0) is 16.6 Å². The zero-order chi connectivity index (χ0) is 20.4. The fraction of sp³-hybridized carbons (Fsp3) is 0.350. The van der Waals surface area contributed by atoms with Crippen LogP contribution in [0.5, 0.6) is 5.75 Å². The van der Waals surface area contributed by atoms with Gasteiger partial charge in [0.25, 0.3) is 0 Å². The van der Waals surface area contributed by atoms with E-state index >= 15 is 0 Å². The van der Waals surface area contributed by atoms with Crippen molar-refractivity contribution in [2.24, 2.45) is 0 Å². The van der Waals surface area contributed by atoms with Crippen molar-refractivity contribution in [1.82, 2.24) is 18.6 Å². The third kappa shape index (κ3) is 4.48. The zero-order valence-corrected chi connectivity index (χ0v) is 18.6. The lowest BCUT2D eigenvalue weighted by atomic mass is 10.3. The summed E-state index contributed by atoms with van der Waals surface area (Å²) in [5.41, 5.74) is 1.88. The Hall–Kier alpha value is -1.94. The van der Waals surface area contributed by atoms with Crippen LogP contribution in [0.15, 0.2) is 58.2 Å². The number of rotatable bonds is 6. The minimum absolute atomic E-state index is 0.306. The number of nitrogens with zero attached hydrogens (tertiary/aromatic N) is 4. The Bertz CT molecular complexity index is 1090. The Balaban J connectivity index is 1.39. The number of hydrogen-bond acceptors (Lipinski definition) is 5. The predicted octanol–water partition coefficient (Wildman–Crippen LogP) is 3.00. The smallest absolute Gasteiger partial charge is 0.243 e. The average molecular weight is 479 g/mol. The molecule has 0 radical (unpaired) electrons. The van der Waals surface area contributed by atoms with Crippen LogP contribution in [0.4, 0.5) is 0 Å². The van der Waals surface area contributed by atoms with Gasteiger partial charge in [0, 0.05) is 49.6 Å². The molecule has 0 amide bonds. The van der Waals surface area contributed by atoms with Gasteiger partial charge in [0.15, 0.2) is 0 Å². The van der Waals surface area contributed by atoms with E-state index in [4.69, 9.17) is 4.74 Å². The van der Waals surface area contributed by atoms with E-state index in [9.17, 15) is 8.42 Å². The number of imidazole rings is 1. The van der Waals surface area contributed by atoms with Crippen molar-refractivity contribution in [1.29, 1.82) is 0 Å². The summed E-state index contributed by atoms with van der Waals surface area (Å²) in [6, 6.07) is 10.6. The minimum Gasteiger partial charge on any atom is -0.494 e. The van der Waals surface area contributed by atoms with Gasteiger partial charge in [-0.3, -0.25) is 4.90 Å². The number of sulfonamides is 1. The Labute approximate surface area is 179 Å². The zero-order valence-electron chi connectivity index (χ0n) is 16.2. The molecule has 0 unspecified atom stereocenters. The Morgan fingerprint density at radius 3 is 2.45 bits per heavy atom. The summed E-state index contributed by atoms with van der Waals surface area (Å²) in [4.78, 5) is 7.19. The van der Waals surface area contributed by atoms with E-state index in [1.165, 1.54) is 0 Å². The maximum Gasteiger partial charge on any atom is 0.243 e. The number of fused-ring (bicyclic) bond motifs is 1. The maximum atomic E-state index is 12.9. The standard InChI is InChI=1S/C20H23BrN4O3S/c1-2-28-18-4-6-19(7-5-18)29(26,27)25-11-9-23(10-12-25)14-17-15-24-13-16(21)3-8-20(24)22-17/h3-8,13,15H,2,9-12,14H2,1H3. The van der Waals surface area contributed by atoms with E-state index in [2.05, 4.69) is 25.8 Å². The first-order valence-corrected chi connectivity index (χ1v) is 11.8. The molecule has 1 fully saturated rings. The van der Waals surface area contributed by atoms with Gasteiger partial charge in [0.2, 0.25) is 10.0 Å². The van der Waals surface area contributed by atoms with E-state index in [0.29, 0.717) is 50.0 Å². The van der Waals surface area contributed by atoms with E-state index in [-0.39, 0.29) is 0 Å². The molecule has 154 valence electrons. The van der Waals surface area contributed by atoms with Crippen molar-refractivity contribution in [3.63, 3.8) is 0 Å². The highest BCUT2D eigenvalue weighted by atomic mass is 79.9. The molecule has 2 aromatic heterocycles. The molecule has 4 rings (SSSR count). The van der Waals surface area contributed by atoms with Crippen LogP contribution in [0.2, 0.25) is 0 Å². The summed E-state index contributed by atoms with van der Waals surface area (Å²) in [5, 5.41) is 0. The lowest BCUT2D eigenvalue weighted by molar-refractivity contribution is 0.180. The quantitative estimate of drug-likeness (QED) is 0.544. The van der Waals surface area contributed by atoms with Crippen molar-refractivity contribution >= 4 is 31.6 Å². The summed E-state index contributed by atoms with van der Waals surface area (Å²) in [6.07, 6.45) is 4.00. The predicted molar refractivity (Wildman–Crippen MR) is 115 cm³/mol. The molecule has 1 aromatic carbocycles. The Morgan fingerprint density at radius 2 is 1.76 bits per heavy atom. The van der Waals surface area contributed by atoms with E-state index in [1.54, 1.807) is 28.6 Å². The largest absolute Gasteiger partial charge is 0.494 e. The summed E-state index contributed by atoms with van der Waals surface area (Å²) in [6.45, 7) is 5.44. The van der Waals surface area contributed by atoms with Crippen LogP contribution in [-0.4, -0.2) is 59.8 Å². The van der Waals surface area contributed by atoms with Gasteiger partial charge < -0.3 is 9.14 Å². The first-order chi connectivity index (χ1) is 14.0. The lowest BCUT2D eigenvalue weighted by Gasteiger charge is -2.33. The number of pyridine rings is 1. The highest BCUT2D eigenvalue weighted by molar-refractivity contribution is 9.10. The van der Waals surface area contributed by atoms with E-state index in [0.717, 1.165) is 15.8 Å². The van der Waals surface area contributed by atoms with E-state index in [1.807, 2.05) is 35.9 Å². The number of benzene rings is 1. The first-order valence-electron chi connectivity index (χ1n) is 9.54. The second-order valence-corrected chi connectivity index (χ2v) is 9.78. The highest BCUT2D eigenvalue weighted by Crippen LogP contribution is 2.21. The van der Waals surface area contributed by atoms with Gasteiger partial charge in [-0.1, -0.05) is 0 Å². The summed E-state index contributed by atoms with van der Waals surface area (Å²) < 4.78 is 35.8. The van der Waals surface area contributed by atoms with Gasteiger partial charge in [0.1, 0.15) is 11.4 Å². The number of aromatic nitrogens is 2. The second-order valence-electron chi connectivity index (χ2n) is 6.93. The molecule has 0 atom stereocenters. The molecule has 29 heavy (non-hydrogen) atoms. The third-order valence-corrected chi connectivity index (χ3v) is 7.34. The highest BCUT2D eigenvalue weighted by Gasteiger charge is 2.28. The number of ether oxygens (including phenoxy) is 1. The van der Waals surface area contributed by atoms with Crippen LogP contribution in [0, 0.1) is 0 Å². The van der Waals surface area contributed by atoms with Gasteiger partial charge in [0.05, 0.1) is 17.2 Å². The molecule has 1 aliphatic rings. The molecule has 9 heteroatoms. The van der Waals surface area contributed by atoms with Crippen molar-refractivity contribution in [2.75, 3.05) is 32.8 Å². The van der Waals surface area contributed by atoms with Gasteiger partial charge in [-0.05, 0) is 59.3 Å². The van der Waals surface area contributed by atoms with Crippen LogP contribution in [0.3, 0.4) is 0 Å². The third-order valence-electron chi connectivity index (χ3n) is 4.95. The molecule has 3 aromatic rings. The van der Waals surface area contributed by atoms with Crippen molar-refractivity contribution in [3.05, 3.63) is 59.0 Å². The molecular formula is C20H23BrN4O3S. The summed E-state index contributed by atoms with van der Waals surface area (Å²) in [7, 11) is -3.49. The van der Waals surface area contributed by atoms with Crippen LogP contribution in [0.1, 0.15) is 12.6 Å². The van der Waals surface area contributed by atoms with Crippen LogP contribution >= 0.6 is 15.9 Å². The molecule has 1 saturated heterocycles. The summed E-state index contributed by atoms with van der Waals surface area (Å²) >= 11 is 3.47. The lowest BCUT2D eigenvalue weighted by Crippen LogP contribution is -2.48. The number of halogens is 1. The maximum absolute atomic E-state index is 12.9. The van der Waals surface area contributed by atoms with Gasteiger partial charge in [-0.25, -0.2) is 13.4 Å². The molecule has 0 aliphatic carbocycles. The normalized spacial score (nSPS) is 16.3. The molecule has 7 nitrogen and oxygen atoms in total. The van der Waals surface area contributed by atoms with Crippen molar-refractivity contribution < 1.29 is 13.2 Å². The molecule has 0 bridgehead atoms. The minimum atomic E-state index is -3.49. The first kappa shape index (κ1) is 20.3. The van der Waals surface area contributed by atoms with Gasteiger partial charge in [-0.15, -0.1) is 0 Å². The van der Waals surface area contributed by atoms with Crippen LogP contribution in [0.25, 0.3) is 5.65 Å². The van der Waals surface area contributed by atoms with Gasteiger partial charge in [-0.2, -0.15) is 4.31 Å². The molecule has 0 saturated carbocycles. The average Bonchev–Trinajstić information content (AvgIpc) is 3.10. The van der Waals surface area contributed by atoms with Crippen LogP contribution < -0.4 is 4.74 Å². The van der Waals surface area contributed by atoms with Gasteiger partial charge >= 0.3 is 0 Å². The topological polar surface area (TPSA) is 67.2 Å². The number of piperazine rings is 1.